The molecule has 94 valence electrons. The van der Waals surface area contributed by atoms with Gasteiger partial charge in [-0.15, -0.1) is 11.3 Å². The van der Waals surface area contributed by atoms with Crippen LogP contribution in [0, 0.1) is 0 Å². The van der Waals surface area contributed by atoms with Crippen molar-refractivity contribution in [3.8, 4) is 0 Å². The van der Waals surface area contributed by atoms with Gasteiger partial charge in [-0.3, -0.25) is 4.99 Å². The Bertz CT molecular complexity index is 381. The average molecular weight is 272 g/mol. The van der Waals surface area contributed by atoms with Crippen LogP contribution in [0.15, 0.2) is 17.1 Å². The SMILES string of the molecule is NNC(=NC1CCCCCC1)c1ccc(Cl)s1. The lowest BCUT2D eigenvalue weighted by Gasteiger charge is -2.11. The highest BCUT2D eigenvalue weighted by Crippen LogP contribution is 2.24. The van der Waals surface area contributed by atoms with Gasteiger partial charge in [0.05, 0.1) is 15.3 Å². The fourth-order valence-corrected chi connectivity index (χ4v) is 3.19. The number of nitrogens with two attached hydrogens (primary N) is 1. The van der Waals surface area contributed by atoms with E-state index in [0.717, 1.165) is 15.0 Å². The maximum atomic E-state index is 5.93. The van der Waals surface area contributed by atoms with Crippen molar-refractivity contribution in [3.05, 3.63) is 21.3 Å². The third kappa shape index (κ3) is 3.69. The molecule has 0 spiro atoms. The minimum Gasteiger partial charge on any atom is -0.308 e. The van der Waals surface area contributed by atoms with Crippen LogP contribution >= 0.6 is 22.9 Å². The number of hydrazine groups is 1. The zero-order chi connectivity index (χ0) is 12.1. The van der Waals surface area contributed by atoms with E-state index in [-0.39, 0.29) is 0 Å². The number of hydrogen-bond donors (Lipinski definition) is 2. The number of rotatable bonds is 2. The first kappa shape index (κ1) is 12.9. The Morgan fingerprint density at radius 2 is 2.00 bits per heavy atom. The van der Waals surface area contributed by atoms with Gasteiger partial charge in [-0.2, -0.15) is 0 Å². The molecule has 1 aromatic heterocycles. The molecular weight excluding hydrogens is 254 g/mol. The molecule has 2 rings (SSSR count). The van der Waals surface area contributed by atoms with Crippen molar-refractivity contribution in [3.63, 3.8) is 0 Å². The summed E-state index contributed by atoms with van der Waals surface area (Å²) in [4.78, 5) is 5.75. The van der Waals surface area contributed by atoms with Crippen LogP contribution in [0.5, 0.6) is 0 Å². The van der Waals surface area contributed by atoms with Gasteiger partial charge in [0.25, 0.3) is 0 Å². The van der Waals surface area contributed by atoms with E-state index in [1.165, 1.54) is 49.9 Å². The van der Waals surface area contributed by atoms with E-state index >= 15 is 0 Å². The molecule has 0 aliphatic heterocycles. The molecule has 0 atom stereocenters. The van der Waals surface area contributed by atoms with Crippen molar-refractivity contribution >= 4 is 28.8 Å². The van der Waals surface area contributed by atoms with Crippen molar-refractivity contribution in [2.24, 2.45) is 10.8 Å². The maximum absolute atomic E-state index is 5.93. The molecule has 3 nitrogen and oxygen atoms in total. The van der Waals surface area contributed by atoms with E-state index in [1.807, 2.05) is 12.1 Å². The molecule has 1 fully saturated rings. The van der Waals surface area contributed by atoms with Gasteiger partial charge in [0.1, 0.15) is 0 Å². The molecule has 1 saturated carbocycles. The predicted molar refractivity (Wildman–Crippen MR) is 74.7 cm³/mol. The minimum atomic E-state index is 0.407. The Kier molecular flexibility index (Phi) is 4.83. The van der Waals surface area contributed by atoms with Crippen LogP contribution in [0.25, 0.3) is 0 Å². The smallest absolute Gasteiger partial charge is 0.153 e. The Balaban J connectivity index is 2.10. The van der Waals surface area contributed by atoms with E-state index in [4.69, 9.17) is 22.4 Å². The van der Waals surface area contributed by atoms with Crippen molar-refractivity contribution in [2.75, 3.05) is 0 Å². The summed E-state index contributed by atoms with van der Waals surface area (Å²) in [5, 5.41) is 0. The highest BCUT2D eigenvalue weighted by Gasteiger charge is 2.13. The number of thiophene rings is 1. The quantitative estimate of drug-likeness (QED) is 0.285. The second-order valence-corrected chi connectivity index (χ2v) is 6.09. The fourth-order valence-electron chi connectivity index (χ4n) is 2.18. The first-order chi connectivity index (χ1) is 8.29. The van der Waals surface area contributed by atoms with Gasteiger partial charge in [0.15, 0.2) is 5.84 Å². The van der Waals surface area contributed by atoms with Crippen LogP contribution in [-0.2, 0) is 0 Å². The summed E-state index contributed by atoms with van der Waals surface area (Å²) in [5.41, 5.74) is 2.70. The van der Waals surface area contributed by atoms with Crippen molar-refractivity contribution < 1.29 is 0 Å². The molecule has 0 radical (unpaired) electrons. The standard InChI is InChI=1S/C12H18ClN3S/c13-11-8-7-10(17-11)12(16-14)15-9-5-3-1-2-4-6-9/h7-9H,1-6,14H2,(H,15,16). The Morgan fingerprint density at radius 1 is 1.29 bits per heavy atom. The second kappa shape index (κ2) is 6.38. The van der Waals surface area contributed by atoms with E-state index in [2.05, 4.69) is 5.43 Å². The van der Waals surface area contributed by atoms with E-state index in [0.29, 0.717) is 6.04 Å². The number of halogens is 1. The summed E-state index contributed by atoms with van der Waals surface area (Å²) in [6.07, 6.45) is 7.56. The van der Waals surface area contributed by atoms with Crippen LogP contribution in [-0.4, -0.2) is 11.9 Å². The van der Waals surface area contributed by atoms with E-state index < -0.39 is 0 Å². The molecule has 3 N–H and O–H groups in total. The highest BCUT2D eigenvalue weighted by atomic mass is 35.5. The van der Waals surface area contributed by atoms with Gasteiger partial charge >= 0.3 is 0 Å². The molecule has 0 bridgehead atoms. The first-order valence-electron chi connectivity index (χ1n) is 6.09. The molecule has 0 unspecified atom stereocenters. The number of amidine groups is 1. The predicted octanol–water partition coefficient (Wildman–Crippen LogP) is 3.33. The monoisotopic (exact) mass is 271 g/mol. The Hall–Kier alpha value is -0.580. The highest BCUT2D eigenvalue weighted by molar-refractivity contribution is 7.18. The zero-order valence-corrected chi connectivity index (χ0v) is 11.4. The lowest BCUT2D eigenvalue weighted by atomic mass is 10.1. The second-order valence-electron chi connectivity index (χ2n) is 4.37. The Labute approximate surface area is 111 Å². The third-order valence-corrected chi connectivity index (χ3v) is 4.32. The van der Waals surface area contributed by atoms with Gasteiger partial charge < -0.3 is 5.43 Å². The number of nitrogens with one attached hydrogen (secondary N) is 1. The van der Waals surface area contributed by atoms with Crippen molar-refractivity contribution in [2.45, 2.75) is 44.6 Å². The van der Waals surface area contributed by atoms with E-state index in [1.54, 1.807) is 0 Å². The molecule has 0 amide bonds. The number of hydrogen-bond acceptors (Lipinski definition) is 3. The van der Waals surface area contributed by atoms with Gasteiger partial charge in [-0.1, -0.05) is 37.3 Å². The van der Waals surface area contributed by atoms with Crippen molar-refractivity contribution in [1.82, 2.24) is 5.43 Å². The van der Waals surface area contributed by atoms with Gasteiger partial charge in [-0.05, 0) is 25.0 Å². The largest absolute Gasteiger partial charge is 0.308 e. The lowest BCUT2D eigenvalue weighted by Crippen LogP contribution is -2.31. The van der Waals surface area contributed by atoms with Crippen LogP contribution in [0.4, 0.5) is 0 Å². The van der Waals surface area contributed by atoms with Crippen LogP contribution < -0.4 is 11.3 Å². The topological polar surface area (TPSA) is 50.4 Å². The Morgan fingerprint density at radius 3 is 2.53 bits per heavy atom. The molecule has 0 saturated heterocycles. The summed E-state index contributed by atoms with van der Waals surface area (Å²) >= 11 is 7.43. The van der Waals surface area contributed by atoms with Gasteiger partial charge in [-0.25, -0.2) is 5.84 Å². The van der Waals surface area contributed by atoms with Gasteiger partial charge in [0.2, 0.25) is 0 Å². The molecule has 1 aliphatic rings. The molecule has 1 aromatic rings. The summed E-state index contributed by atoms with van der Waals surface area (Å²) in [6.45, 7) is 0. The normalized spacial score (nSPS) is 19.1. The van der Waals surface area contributed by atoms with Crippen LogP contribution in [0.1, 0.15) is 43.4 Å². The molecular formula is C12H18ClN3S. The molecule has 17 heavy (non-hydrogen) atoms. The molecule has 5 heteroatoms. The number of nitrogens with zero attached hydrogens (tertiary/aromatic N) is 1. The molecule has 1 aliphatic carbocycles. The molecule has 1 heterocycles. The summed E-state index contributed by atoms with van der Waals surface area (Å²) < 4.78 is 0.767. The fraction of sp³-hybridized carbons (Fsp3) is 0.583. The third-order valence-electron chi connectivity index (χ3n) is 3.08. The van der Waals surface area contributed by atoms with Crippen molar-refractivity contribution in [1.29, 1.82) is 0 Å². The summed E-state index contributed by atoms with van der Waals surface area (Å²) in [6, 6.07) is 4.24. The van der Waals surface area contributed by atoms with Crippen LogP contribution in [0.2, 0.25) is 4.34 Å². The van der Waals surface area contributed by atoms with Gasteiger partial charge in [0, 0.05) is 0 Å². The first-order valence-corrected chi connectivity index (χ1v) is 7.29. The zero-order valence-electron chi connectivity index (χ0n) is 9.79. The lowest BCUT2D eigenvalue weighted by molar-refractivity contribution is 0.583. The molecule has 0 aromatic carbocycles. The summed E-state index contributed by atoms with van der Waals surface area (Å²) in [7, 11) is 0. The van der Waals surface area contributed by atoms with E-state index in [9.17, 15) is 0 Å². The van der Waals surface area contributed by atoms with Crippen LogP contribution in [0.3, 0.4) is 0 Å². The average Bonchev–Trinajstić information content (AvgIpc) is 2.62. The maximum Gasteiger partial charge on any atom is 0.153 e. The summed E-state index contributed by atoms with van der Waals surface area (Å²) in [5.74, 6) is 6.33. The minimum absolute atomic E-state index is 0.407. The number of aliphatic imine (C=N–C) groups is 1.